The average molecular weight is 518 g/mol. The van der Waals surface area contributed by atoms with Crippen molar-refractivity contribution in [2.45, 2.75) is 68.5 Å². The zero-order valence-electron chi connectivity index (χ0n) is 21.0. The molecule has 0 aliphatic carbocycles. The number of rotatable bonds is 2. The lowest BCUT2D eigenvalue weighted by Gasteiger charge is -2.30. The van der Waals surface area contributed by atoms with Gasteiger partial charge >= 0.3 is 6.09 Å². The lowest BCUT2D eigenvalue weighted by molar-refractivity contribution is 0.0220. The molecule has 4 aromatic rings. The third-order valence-electron chi connectivity index (χ3n) is 6.63. The van der Waals surface area contributed by atoms with Gasteiger partial charge in [-0.05, 0) is 69.0 Å². The first-order valence-electron chi connectivity index (χ1n) is 12.0. The van der Waals surface area contributed by atoms with Gasteiger partial charge in [0.05, 0.1) is 17.7 Å². The number of ether oxygens (including phenoxy) is 1. The smallest absolute Gasteiger partial charge is 0.410 e. The molecule has 1 aliphatic heterocycles. The van der Waals surface area contributed by atoms with E-state index in [1.807, 2.05) is 65.2 Å². The summed E-state index contributed by atoms with van der Waals surface area (Å²) in [5, 5.41) is 1.17. The van der Waals surface area contributed by atoms with Crippen molar-refractivity contribution in [3.8, 4) is 16.8 Å². The minimum atomic E-state index is -0.520. The number of pyridine rings is 1. The Morgan fingerprint density at radius 3 is 2.24 bits per heavy atom. The van der Waals surface area contributed by atoms with E-state index in [2.05, 4.69) is 28.8 Å². The summed E-state index contributed by atoms with van der Waals surface area (Å²) in [6.45, 7) is 8.84. The van der Waals surface area contributed by atoms with Gasteiger partial charge in [0.2, 0.25) is 0 Å². The van der Waals surface area contributed by atoms with Crippen LogP contribution in [0, 0.1) is 6.92 Å². The monoisotopic (exact) mass is 517 g/mol. The summed E-state index contributed by atoms with van der Waals surface area (Å²) in [4.78, 5) is 27.4. The summed E-state index contributed by atoms with van der Waals surface area (Å²) in [7, 11) is 2.02. The molecule has 0 N–H and O–H groups in total. The minimum Gasteiger partial charge on any atom is -0.444 e. The second kappa shape index (κ2) is 11.3. The molecule has 0 atom stereocenters. The summed E-state index contributed by atoms with van der Waals surface area (Å²) >= 11 is 0. The van der Waals surface area contributed by atoms with Gasteiger partial charge in [-0.3, -0.25) is 9.36 Å². The van der Waals surface area contributed by atoms with Crippen molar-refractivity contribution < 1.29 is 9.53 Å². The number of aromatic nitrogens is 2. The van der Waals surface area contributed by atoms with E-state index in [0.29, 0.717) is 13.1 Å². The third-order valence-corrected chi connectivity index (χ3v) is 6.63. The number of amides is 1. The quantitative estimate of drug-likeness (QED) is 0.276. The number of benzene rings is 2. The first-order chi connectivity index (χ1) is 16.6. The van der Waals surface area contributed by atoms with E-state index >= 15 is 0 Å². The van der Waals surface area contributed by atoms with Crippen LogP contribution >= 0.6 is 0 Å². The standard InChI is InChI=1S/C29H31N3O3.3CH4/c1-19-6-8-20(9-7-19)21-12-15-32(27(33)16-21)22-10-11-23-24-13-14-31(28(34)35-29(2,3)4)18-26(24)30(5)25(23)17-22;;;/h6-12,15-17H,13-14,18H2,1-5H3;3*1H4. The highest BCUT2D eigenvalue weighted by molar-refractivity contribution is 5.88. The third kappa shape index (κ3) is 5.69. The fourth-order valence-electron chi connectivity index (χ4n) is 4.79. The lowest BCUT2D eigenvalue weighted by Crippen LogP contribution is -2.40. The van der Waals surface area contributed by atoms with Gasteiger partial charge in [0.1, 0.15) is 5.60 Å². The molecule has 0 unspecified atom stereocenters. The topological polar surface area (TPSA) is 56.5 Å². The number of nitrogens with zero attached hydrogens (tertiary/aromatic N) is 3. The van der Waals surface area contributed by atoms with Crippen LogP contribution in [-0.4, -0.2) is 32.3 Å². The molecule has 0 radical (unpaired) electrons. The molecule has 0 spiro atoms. The molecule has 6 nitrogen and oxygen atoms in total. The molecule has 0 fully saturated rings. The summed E-state index contributed by atoms with van der Waals surface area (Å²) in [6, 6.07) is 18.0. The summed E-state index contributed by atoms with van der Waals surface area (Å²) < 4.78 is 9.40. The highest BCUT2D eigenvalue weighted by Gasteiger charge is 2.29. The van der Waals surface area contributed by atoms with Crippen molar-refractivity contribution in [2.75, 3.05) is 6.54 Å². The van der Waals surface area contributed by atoms with Crippen LogP contribution in [0.2, 0.25) is 0 Å². The number of hydrogen-bond acceptors (Lipinski definition) is 3. The van der Waals surface area contributed by atoms with Crippen LogP contribution in [0.15, 0.2) is 65.6 Å². The number of carbonyl (C=O) groups excluding carboxylic acids is 1. The van der Waals surface area contributed by atoms with E-state index in [1.54, 1.807) is 15.5 Å². The van der Waals surface area contributed by atoms with Crippen LogP contribution in [-0.2, 0) is 24.8 Å². The van der Waals surface area contributed by atoms with E-state index in [4.69, 9.17) is 4.74 Å². The maximum Gasteiger partial charge on any atom is 0.410 e. The molecule has 0 saturated heterocycles. The fourth-order valence-corrected chi connectivity index (χ4v) is 4.79. The van der Waals surface area contributed by atoms with Gasteiger partial charge in [0, 0.05) is 36.9 Å². The molecular weight excluding hydrogens is 474 g/mol. The van der Waals surface area contributed by atoms with Gasteiger partial charge in [-0.25, -0.2) is 4.79 Å². The highest BCUT2D eigenvalue weighted by Crippen LogP contribution is 2.32. The zero-order chi connectivity index (χ0) is 24.9. The summed E-state index contributed by atoms with van der Waals surface area (Å²) in [5.41, 5.74) is 6.77. The maximum absolute atomic E-state index is 13.0. The van der Waals surface area contributed by atoms with Crippen LogP contribution in [0.3, 0.4) is 0 Å². The van der Waals surface area contributed by atoms with Crippen LogP contribution in [0.1, 0.15) is 59.9 Å². The lowest BCUT2D eigenvalue weighted by atomic mass is 10.0. The number of hydrogen-bond donors (Lipinski definition) is 0. The number of aryl methyl sites for hydroxylation is 2. The molecule has 204 valence electrons. The Labute approximate surface area is 227 Å². The first-order valence-corrected chi connectivity index (χ1v) is 12.0. The van der Waals surface area contributed by atoms with E-state index < -0.39 is 5.60 Å². The second-order valence-corrected chi connectivity index (χ2v) is 10.3. The van der Waals surface area contributed by atoms with E-state index in [9.17, 15) is 9.59 Å². The van der Waals surface area contributed by atoms with E-state index in [0.717, 1.165) is 34.4 Å². The normalized spacial score (nSPS) is 12.6. The Kier molecular flexibility index (Phi) is 9.04. The largest absolute Gasteiger partial charge is 0.444 e. The molecular formula is C32H43N3O3. The molecule has 1 amide bonds. The second-order valence-electron chi connectivity index (χ2n) is 10.3. The molecule has 2 aromatic heterocycles. The van der Waals surface area contributed by atoms with Crippen molar-refractivity contribution in [1.29, 1.82) is 0 Å². The van der Waals surface area contributed by atoms with Crippen molar-refractivity contribution >= 4 is 17.0 Å². The van der Waals surface area contributed by atoms with E-state index in [-0.39, 0.29) is 33.9 Å². The SMILES string of the molecule is C.C.C.Cc1ccc(-c2ccn(-c3ccc4c5c(n(C)c4c3)CN(C(=O)OC(C)(C)C)CC5)c(=O)c2)cc1. The van der Waals surface area contributed by atoms with Gasteiger partial charge in [-0.1, -0.05) is 58.2 Å². The van der Waals surface area contributed by atoms with E-state index in [1.165, 1.54) is 16.5 Å². The van der Waals surface area contributed by atoms with Gasteiger partial charge in [-0.15, -0.1) is 0 Å². The molecule has 38 heavy (non-hydrogen) atoms. The molecule has 2 aromatic carbocycles. The maximum atomic E-state index is 13.0. The van der Waals surface area contributed by atoms with Gasteiger partial charge < -0.3 is 14.2 Å². The van der Waals surface area contributed by atoms with Crippen LogP contribution in [0.5, 0.6) is 0 Å². The van der Waals surface area contributed by atoms with Crippen molar-refractivity contribution in [3.05, 3.63) is 88.0 Å². The zero-order valence-corrected chi connectivity index (χ0v) is 21.0. The fraction of sp³-hybridized carbons (Fsp3) is 0.375. The Bertz CT molecular complexity index is 1490. The van der Waals surface area contributed by atoms with Gasteiger partial charge in [0.15, 0.2) is 0 Å². The molecule has 0 bridgehead atoms. The Hall–Kier alpha value is -3.80. The molecule has 6 heteroatoms. The van der Waals surface area contributed by atoms with Gasteiger partial charge in [-0.2, -0.15) is 0 Å². The van der Waals surface area contributed by atoms with Crippen molar-refractivity contribution in [2.24, 2.45) is 7.05 Å². The molecule has 1 aliphatic rings. The predicted octanol–water partition coefficient (Wildman–Crippen LogP) is 7.51. The first kappa shape index (κ1) is 30.4. The Morgan fingerprint density at radius 1 is 0.921 bits per heavy atom. The van der Waals surface area contributed by atoms with Crippen LogP contribution in [0.25, 0.3) is 27.7 Å². The molecule has 5 rings (SSSR count). The van der Waals surface area contributed by atoms with Crippen LogP contribution < -0.4 is 5.56 Å². The van der Waals surface area contributed by atoms with Crippen molar-refractivity contribution in [3.63, 3.8) is 0 Å². The molecule has 3 heterocycles. The highest BCUT2D eigenvalue weighted by atomic mass is 16.6. The summed E-state index contributed by atoms with van der Waals surface area (Å²) in [5.74, 6) is 0. The number of fused-ring (bicyclic) bond motifs is 3. The van der Waals surface area contributed by atoms with Crippen molar-refractivity contribution in [1.82, 2.24) is 14.0 Å². The summed E-state index contributed by atoms with van der Waals surface area (Å²) in [6.07, 6.45) is 2.33. The Morgan fingerprint density at radius 2 is 1.61 bits per heavy atom. The average Bonchev–Trinajstić information content (AvgIpc) is 3.09. The Balaban J connectivity index is 0.00000169. The number of carbonyl (C=O) groups is 1. The molecule has 0 saturated carbocycles. The predicted molar refractivity (Wildman–Crippen MR) is 159 cm³/mol. The van der Waals surface area contributed by atoms with Crippen LogP contribution in [0.4, 0.5) is 4.79 Å². The minimum absolute atomic E-state index is 0. The van der Waals surface area contributed by atoms with Gasteiger partial charge in [0.25, 0.3) is 5.56 Å².